The van der Waals surface area contributed by atoms with Crippen LogP contribution in [0.1, 0.15) is 30.6 Å². The highest BCUT2D eigenvalue weighted by Gasteiger charge is 2.03. The molecule has 0 aromatic heterocycles. The standard InChI is InChI=1S/C14H21N3O2/c1-10(2)7-8-16-13(18)9-17-12-5-3-11(4-6-12)14(15)19/h3-6,10,17H,7-9H2,1-2H3,(H2,15,19)(H,16,18). The number of primary amides is 1. The molecule has 104 valence electrons. The Kier molecular flexibility index (Phi) is 5.85. The van der Waals surface area contributed by atoms with Crippen LogP contribution in [0.15, 0.2) is 24.3 Å². The molecule has 0 unspecified atom stereocenters. The zero-order valence-corrected chi connectivity index (χ0v) is 11.4. The van der Waals surface area contributed by atoms with Crippen molar-refractivity contribution < 1.29 is 9.59 Å². The summed E-state index contributed by atoms with van der Waals surface area (Å²) in [6, 6.07) is 6.70. The second kappa shape index (κ2) is 7.41. The van der Waals surface area contributed by atoms with Gasteiger partial charge in [-0.25, -0.2) is 0 Å². The number of hydrogen-bond acceptors (Lipinski definition) is 3. The zero-order chi connectivity index (χ0) is 14.3. The van der Waals surface area contributed by atoms with Crippen LogP contribution in [0, 0.1) is 5.92 Å². The summed E-state index contributed by atoms with van der Waals surface area (Å²) in [6.07, 6.45) is 0.971. The molecule has 0 spiro atoms. The number of benzene rings is 1. The minimum Gasteiger partial charge on any atom is -0.376 e. The second-order valence-corrected chi connectivity index (χ2v) is 4.83. The molecule has 0 radical (unpaired) electrons. The number of rotatable bonds is 7. The van der Waals surface area contributed by atoms with E-state index in [1.807, 2.05) is 0 Å². The maximum atomic E-state index is 11.5. The molecule has 1 rings (SSSR count). The first-order chi connectivity index (χ1) is 8.99. The Labute approximate surface area is 113 Å². The lowest BCUT2D eigenvalue weighted by atomic mass is 10.1. The van der Waals surface area contributed by atoms with E-state index in [2.05, 4.69) is 24.5 Å². The first kappa shape index (κ1) is 15.0. The third-order valence-electron chi connectivity index (χ3n) is 2.67. The molecule has 0 saturated carbocycles. The fourth-order valence-corrected chi connectivity index (χ4v) is 1.50. The normalized spacial score (nSPS) is 10.3. The molecule has 0 aliphatic heterocycles. The Morgan fingerprint density at radius 2 is 1.84 bits per heavy atom. The third kappa shape index (κ3) is 5.90. The van der Waals surface area contributed by atoms with Crippen LogP contribution in [0.4, 0.5) is 5.69 Å². The van der Waals surface area contributed by atoms with Crippen LogP contribution in [0.5, 0.6) is 0 Å². The fraction of sp³-hybridized carbons (Fsp3) is 0.429. The van der Waals surface area contributed by atoms with Crippen molar-refractivity contribution in [3.63, 3.8) is 0 Å². The summed E-state index contributed by atoms with van der Waals surface area (Å²) in [5, 5.41) is 5.82. The number of amides is 2. The molecule has 5 heteroatoms. The lowest BCUT2D eigenvalue weighted by molar-refractivity contribution is -0.119. The predicted octanol–water partition coefficient (Wildman–Crippen LogP) is 1.36. The van der Waals surface area contributed by atoms with Gasteiger partial charge in [-0.1, -0.05) is 13.8 Å². The Morgan fingerprint density at radius 1 is 1.21 bits per heavy atom. The maximum Gasteiger partial charge on any atom is 0.248 e. The van der Waals surface area contributed by atoms with Crippen LogP contribution in [0.3, 0.4) is 0 Å². The van der Waals surface area contributed by atoms with E-state index in [1.54, 1.807) is 24.3 Å². The molecule has 0 aliphatic carbocycles. The lowest BCUT2D eigenvalue weighted by Crippen LogP contribution is -2.31. The van der Waals surface area contributed by atoms with Gasteiger partial charge in [0, 0.05) is 17.8 Å². The topological polar surface area (TPSA) is 84.2 Å². The van der Waals surface area contributed by atoms with Gasteiger partial charge in [0.1, 0.15) is 0 Å². The van der Waals surface area contributed by atoms with E-state index in [1.165, 1.54) is 0 Å². The monoisotopic (exact) mass is 263 g/mol. The fourth-order valence-electron chi connectivity index (χ4n) is 1.50. The van der Waals surface area contributed by atoms with Gasteiger partial charge in [0.2, 0.25) is 11.8 Å². The van der Waals surface area contributed by atoms with Crippen LogP contribution in [-0.4, -0.2) is 24.9 Å². The number of nitrogens with one attached hydrogen (secondary N) is 2. The summed E-state index contributed by atoms with van der Waals surface area (Å²) in [7, 11) is 0. The molecule has 0 atom stereocenters. The number of carbonyl (C=O) groups is 2. The van der Waals surface area contributed by atoms with Crippen molar-refractivity contribution in [2.45, 2.75) is 20.3 Å². The first-order valence-electron chi connectivity index (χ1n) is 6.39. The highest BCUT2D eigenvalue weighted by atomic mass is 16.2. The van der Waals surface area contributed by atoms with Gasteiger partial charge in [0.15, 0.2) is 0 Å². The van der Waals surface area contributed by atoms with Crippen molar-refractivity contribution in [2.24, 2.45) is 11.7 Å². The van der Waals surface area contributed by atoms with E-state index in [4.69, 9.17) is 5.73 Å². The summed E-state index contributed by atoms with van der Waals surface area (Å²) in [6.45, 7) is 5.14. The van der Waals surface area contributed by atoms with Crippen LogP contribution < -0.4 is 16.4 Å². The largest absolute Gasteiger partial charge is 0.376 e. The summed E-state index contributed by atoms with van der Waals surface area (Å²) < 4.78 is 0. The van der Waals surface area contributed by atoms with Crippen molar-refractivity contribution in [2.75, 3.05) is 18.4 Å². The quantitative estimate of drug-likeness (QED) is 0.694. The number of anilines is 1. The lowest BCUT2D eigenvalue weighted by Gasteiger charge is -2.09. The van der Waals surface area contributed by atoms with Crippen LogP contribution in [-0.2, 0) is 4.79 Å². The molecule has 0 aliphatic rings. The van der Waals surface area contributed by atoms with Gasteiger partial charge < -0.3 is 16.4 Å². The van der Waals surface area contributed by atoms with Crippen molar-refractivity contribution in [3.8, 4) is 0 Å². The van der Waals surface area contributed by atoms with Crippen molar-refractivity contribution in [3.05, 3.63) is 29.8 Å². The molecule has 0 fully saturated rings. The second-order valence-electron chi connectivity index (χ2n) is 4.83. The Hall–Kier alpha value is -2.04. The van der Waals surface area contributed by atoms with Gasteiger partial charge in [-0.15, -0.1) is 0 Å². The highest BCUT2D eigenvalue weighted by molar-refractivity contribution is 5.93. The molecule has 0 saturated heterocycles. The Morgan fingerprint density at radius 3 is 2.37 bits per heavy atom. The number of nitrogens with two attached hydrogens (primary N) is 1. The summed E-state index contributed by atoms with van der Waals surface area (Å²) >= 11 is 0. The molecule has 2 amide bonds. The van der Waals surface area contributed by atoms with E-state index < -0.39 is 5.91 Å². The van der Waals surface area contributed by atoms with Crippen LogP contribution in [0.25, 0.3) is 0 Å². The smallest absolute Gasteiger partial charge is 0.248 e. The third-order valence-corrected chi connectivity index (χ3v) is 2.67. The van der Waals surface area contributed by atoms with Crippen molar-refractivity contribution >= 4 is 17.5 Å². The van der Waals surface area contributed by atoms with Gasteiger partial charge in [0.25, 0.3) is 0 Å². The first-order valence-corrected chi connectivity index (χ1v) is 6.39. The zero-order valence-electron chi connectivity index (χ0n) is 11.4. The predicted molar refractivity (Wildman–Crippen MR) is 75.9 cm³/mol. The van der Waals surface area contributed by atoms with E-state index in [0.29, 0.717) is 18.0 Å². The van der Waals surface area contributed by atoms with E-state index in [9.17, 15) is 9.59 Å². The highest BCUT2D eigenvalue weighted by Crippen LogP contribution is 2.08. The molecular weight excluding hydrogens is 242 g/mol. The maximum absolute atomic E-state index is 11.5. The van der Waals surface area contributed by atoms with Gasteiger partial charge in [0.05, 0.1) is 6.54 Å². The minimum absolute atomic E-state index is 0.0420. The summed E-state index contributed by atoms with van der Waals surface area (Å²) in [5.41, 5.74) is 6.37. The molecule has 0 bridgehead atoms. The van der Waals surface area contributed by atoms with E-state index in [-0.39, 0.29) is 12.5 Å². The number of hydrogen-bond donors (Lipinski definition) is 3. The van der Waals surface area contributed by atoms with Gasteiger partial charge in [-0.3, -0.25) is 9.59 Å². The molecule has 19 heavy (non-hydrogen) atoms. The van der Waals surface area contributed by atoms with Crippen LogP contribution in [0.2, 0.25) is 0 Å². The molecule has 0 heterocycles. The Balaban J connectivity index is 2.32. The van der Waals surface area contributed by atoms with Crippen LogP contribution >= 0.6 is 0 Å². The Bertz CT molecular complexity index is 427. The van der Waals surface area contributed by atoms with E-state index in [0.717, 1.165) is 12.1 Å². The van der Waals surface area contributed by atoms with Crippen molar-refractivity contribution in [1.29, 1.82) is 0 Å². The molecule has 5 nitrogen and oxygen atoms in total. The SMILES string of the molecule is CC(C)CCNC(=O)CNc1ccc(C(N)=O)cc1. The van der Waals surface area contributed by atoms with Crippen molar-refractivity contribution in [1.82, 2.24) is 5.32 Å². The molecule has 1 aromatic rings. The summed E-state index contributed by atoms with van der Waals surface area (Å²) in [4.78, 5) is 22.4. The van der Waals surface area contributed by atoms with E-state index >= 15 is 0 Å². The average Bonchev–Trinajstić information content (AvgIpc) is 2.36. The number of carbonyl (C=O) groups excluding carboxylic acids is 2. The molecule has 4 N–H and O–H groups in total. The summed E-state index contributed by atoms with van der Waals surface area (Å²) in [5.74, 6) is 0.0761. The average molecular weight is 263 g/mol. The molecule has 1 aromatic carbocycles. The van der Waals surface area contributed by atoms with Gasteiger partial charge >= 0.3 is 0 Å². The van der Waals surface area contributed by atoms with Gasteiger partial charge in [-0.2, -0.15) is 0 Å². The molecular formula is C14H21N3O2. The van der Waals surface area contributed by atoms with Gasteiger partial charge in [-0.05, 0) is 36.6 Å². The minimum atomic E-state index is -0.460.